The number of halogens is 1. The topological polar surface area (TPSA) is 29.5 Å². The average Bonchev–Trinajstić information content (AvgIpc) is 2.70. The van der Waals surface area contributed by atoms with E-state index in [1.54, 1.807) is 0 Å². The van der Waals surface area contributed by atoms with Crippen LogP contribution in [0.1, 0.15) is 24.8 Å². The summed E-state index contributed by atoms with van der Waals surface area (Å²) in [4.78, 5) is 0. The van der Waals surface area contributed by atoms with Crippen molar-refractivity contribution in [2.45, 2.75) is 37.9 Å². The second-order valence-corrected chi connectivity index (χ2v) is 4.80. The first-order chi connectivity index (χ1) is 7.74. The van der Waals surface area contributed by atoms with Gasteiger partial charge in [0, 0.05) is 11.6 Å². The first kappa shape index (κ1) is 11.9. The zero-order valence-electron chi connectivity index (χ0n) is 9.23. The van der Waals surface area contributed by atoms with Gasteiger partial charge < -0.3 is 9.84 Å². The zero-order valence-corrected chi connectivity index (χ0v) is 9.99. The summed E-state index contributed by atoms with van der Waals surface area (Å²) in [5, 5.41) is 10.7. The second-order valence-electron chi connectivity index (χ2n) is 4.36. The molecule has 1 aliphatic rings. The van der Waals surface area contributed by atoms with Crippen molar-refractivity contribution in [3.8, 4) is 0 Å². The van der Waals surface area contributed by atoms with Crippen LogP contribution in [0.4, 0.5) is 0 Å². The standard InChI is InChI=1S/C13H17ClO2/c14-11-4-1-3-10(7-11)8-12(15)9-13-5-2-6-16-13/h1,3-4,7,12-13,15H,2,5-6,8-9H2. The maximum atomic E-state index is 9.93. The highest BCUT2D eigenvalue weighted by Crippen LogP contribution is 2.19. The van der Waals surface area contributed by atoms with Gasteiger partial charge in [0.25, 0.3) is 0 Å². The third-order valence-corrected chi connectivity index (χ3v) is 3.15. The van der Waals surface area contributed by atoms with E-state index in [2.05, 4.69) is 0 Å². The van der Waals surface area contributed by atoms with E-state index in [1.807, 2.05) is 24.3 Å². The molecule has 0 amide bonds. The molecule has 0 spiro atoms. The van der Waals surface area contributed by atoms with E-state index in [4.69, 9.17) is 16.3 Å². The summed E-state index contributed by atoms with van der Waals surface area (Å²) in [6.45, 7) is 0.842. The van der Waals surface area contributed by atoms with Gasteiger partial charge in [-0.3, -0.25) is 0 Å². The summed E-state index contributed by atoms with van der Waals surface area (Å²) in [5.74, 6) is 0. The van der Waals surface area contributed by atoms with Gasteiger partial charge in [-0.15, -0.1) is 0 Å². The first-order valence-corrected chi connectivity index (χ1v) is 6.16. The van der Waals surface area contributed by atoms with Gasteiger partial charge in [-0.25, -0.2) is 0 Å². The Balaban J connectivity index is 1.84. The van der Waals surface area contributed by atoms with Crippen LogP contribution in [0, 0.1) is 0 Å². The maximum absolute atomic E-state index is 9.93. The lowest BCUT2D eigenvalue weighted by Gasteiger charge is -2.15. The molecule has 1 aromatic rings. The number of aliphatic hydroxyl groups is 1. The second kappa shape index (κ2) is 5.67. The van der Waals surface area contributed by atoms with E-state index in [9.17, 15) is 5.11 Å². The first-order valence-electron chi connectivity index (χ1n) is 5.78. The Morgan fingerprint density at radius 2 is 2.38 bits per heavy atom. The summed E-state index contributed by atoms with van der Waals surface area (Å²) < 4.78 is 5.50. The minimum Gasteiger partial charge on any atom is -0.393 e. The lowest BCUT2D eigenvalue weighted by atomic mass is 10.0. The molecule has 3 heteroatoms. The predicted molar refractivity (Wildman–Crippen MR) is 64.8 cm³/mol. The summed E-state index contributed by atoms with van der Waals surface area (Å²) >= 11 is 5.89. The van der Waals surface area contributed by atoms with Crippen LogP contribution < -0.4 is 0 Å². The van der Waals surface area contributed by atoms with Gasteiger partial charge in [0.15, 0.2) is 0 Å². The van der Waals surface area contributed by atoms with Crippen molar-refractivity contribution >= 4 is 11.6 Å². The van der Waals surface area contributed by atoms with Crippen LogP contribution in [-0.4, -0.2) is 23.9 Å². The number of rotatable bonds is 4. The molecule has 0 radical (unpaired) electrons. The van der Waals surface area contributed by atoms with E-state index in [1.165, 1.54) is 0 Å². The average molecular weight is 241 g/mol. The minimum atomic E-state index is -0.332. The van der Waals surface area contributed by atoms with Crippen LogP contribution in [-0.2, 0) is 11.2 Å². The molecule has 0 bridgehead atoms. The Morgan fingerprint density at radius 1 is 1.50 bits per heavy atom. The molecule has 0 aromatic heterocycles. The zero-order chi connectivity index (χ0) is 11.4. The summed E-state index contributed by atoms with van der Waals surface area (Å²) in [7, 11) is 0. The van der Waals surface area contributed by atoms with Crippen LogP contribution in [0.2, 0.25) is 5.02 Å². The van der Waals surface area contributed by atoms with Crippen LogP contribution in [0.5, 0.6) is 0 Å². The molecule has 2 atom stereocenters. The minimum absolute atomic E-state index is 0.245. The SMILES string of the molecule is OC(Cc1cccc(Cl)c1)CC1CCCO1. The quantitative estimate of drug-likeness (QED) is 0.877. The Kier molecular flexibility index (Phi) is 4.22. The predicted octanol–water partition coefficient (Wildman–Crippen LogP) is 2.81. The smallest absolute Gasteiger partial charge is 0.0605 e. The van der Waals surface area contributed by atoms with Crippen molar-refractivity contribution in [2.75, 3.05) is 6.61 Å². The highest BCUT2D eigenvalue weighted by Gasteiger charge is 2.19. The van der Waals surface area contributed by atoms with Gasteiger partial charge >= 0.3 is 0 Å². The molecule has 0 saturated carbocycles. The monoisotopic (exact) mass is 240 g/mol. The number of hydrogen-bond acceptors (Lipinski definition) is 2. The summed E-state index contributed by atoms with van der Waals surface area (Å²) in [6.07, 6.45) is 3.49. The van der Waals surface area contributed by atoms with Gasteiger partial charge in [0.1, 0.15) is 0 Å². The molecule has 1 fully saturated rings. The van der Waals surface area contributed by atoms with E-state index < -0.39 is 0 Å². The van der Waals surface area contributed by atoms with Crippen LogP contribution >= 0.6 is 11.6 Å². The van der Waals surface area contributed by atoms with Crippen molar-refractivity contribution in [1.29, 1.82) is 0 Å². The Labute approximate surface area is 101 Å². The number of ether oxygens (including phenoxy) is 1. The van der Waals surface area contributed by atoms with Crippen molar-refractivity contribution in [3.05, 3.63) is 34.9 Å². The number of benzene rings is 1. The number of hydrogen-bond donors (Lipinski definition) is 1. The van der Waals surface area contributed by atoms with Gasteiger partial charge in [0.2, 0.25) is 0 Å². The Hall–Kier alpha value is -0.570. The lowest BCUT2D eigenvalue weighted by Crippen LogP contribution is -2.19. The van der Waals surface area contributed by atoms with Gasteiger partial charge in [-0.1, -0.05) is 23.7 Å². The third kappa shape index (κ3) is 3.48. The fourth-order valence-electron chi connectivity index (χ4n) is 2.15. The molecule has 0 aliphatic carbocycles. The molecule has 1 saturated heterocycles. The molecule has 2 nitrogen and oxygen atoms in total. The molecule has 1 aromatic carbocycles. The van der Waals surface area contributed by atoms with Crippen molar-refractivity contribution in [3.63, 3.8) is 0 Å². The molecule has 1 N–H and O–H groups in total. The fourth-order valence-corrected chi connectivity index (χ4v) is 2.37. The van der Waals surface area contributed by atoms with Gasteiger partial charge in [-0.2, -0.15) is 0 Å². The molecule has 1 heterocycles. The molecular weight excluding hydrogens is 224 g/mol. The molecular formula is C13H17ClO2. The largest absolute Gasteiger partial charge is 0.393 e. The van der Waals surface area contributed by atoms with Gasteiger partial charge in [0.05, 0.1) is 12.2 Å². The van der Waals surface area contributed by atoms with Crippen molar-refractivity contribution in [2.24, 2.45) is 0 Å². The van der Waals surface area contributed by atoms with Crippen LogP contribution in [0.15, 0.2) is 24.3 Å². The normalized spacial score (nSPS) is 22.2. The van der Waals surface area contributed by atoms with Crippen LogP contribution in [0.3, 0.4) is 0 Å². The molecule has 1 aliphatic heterocycles. The third-order valence-electron chi connectivity index (χ3n) is 2.92. The molecule has 2 rings (SSSR count). The van der Waals surface area contributed by atoms with E-state index in [0.29, 0.717) is 6.42 Å². The number of aliphatic hydroxyl groups excluding tert-OH is 1. The van der Waals surface area contributed by atoms with Gasteiger partial charge in [-0.05, 0) is 43.4 Å². The highest BCUT2D eigenvalue weighted by atomic mass is 35.5. The Morgan fingerprint density at radius 3 is 3.06 bits per heavy atom. The lowest BCUT2D eigenvalue weighted by molar-refractivity contribution is 0.0541. The van der Waals surface area contributed by atoms with E-state index in [-0.39, 0.29) is 12.2 Å². The van der Waals surface area contributed by atoms with Crippen LogP contribution in [0.25, 0.3) is 0 Å². The highest BCUT2D eigenvalue weighted by molar-refractivity contribution is 6.30. The molecule has 16 heavy (non-hydrogen) atoms. The summed E-state index contributed by atoms with van der Waals surface area (Å²) in [6, 6.07) is 7.65. The fraction of sp³-hybridized carbons (Fsp3) is 0.538. The maximum Gasteiger partial charge on any atom is 0.0605 e. The van der Waals surface area contributed by atoms with E-state index in [0.717, 1.165) is 36.5 Å². The summed E-state index contributed by atoms with van der Waals surface area (Å²) in [5.41, 5.74) is 1.08. The molecule has 88 valence electrons. The molecule has 2 unspecified atom stereocenters. The van der Waals surface area contributed by atoms with Crippen molar-refractivity contribution in [1.82, 2.24) is 0 Å². The van der Waals surface area contributed by atoms with Crippen molar-refractivity contribution < 1.29 is 9.84 Å². The Bertz CT molecular complexity index is 334. The van der Waals surface area contributed by atoms with E-state index >= 15 is 0 Å².